The number of benzene rings is 1. The van der Waals surface area contributed by atoms with E-state index in [1.807, 2.05) is 0 Å². The van der Waals surface area contributed by atoms with Crippen molar-refractivity contribution in [1.29, 1.82) is 0 Å². The second kappa shape index (κ2) is 3.58. The van der Waals surface area contributed by atoms with Gasteiger partial charge in [-0.25, -0.2) is 0 Å². The number of nitrogens with two attached hydrogens (primary N) is 1. The van der Waals surface area contributed by atoms with Gasteiger partial charge in [-0.3, -0.25) is 0 Å². The van der Waals surface area contributed by atoms with Crippen LogP contribution in [0.25, 0.3) is 0 Å². The molecule has 0 unspecified atom stereocenters. The molecule has 0 atom stereocenters. The van der Waals surface area contributed by atoms with E-state index in [0.29, 0.717) is 0 Å². The zero-order chi connectivity index (χ0) is 13.0. The minimum Gasteiger partial charge on any atom is -0.379 e. The van der Waals surface area contributed by atoms with Crippen LogP contribution in [0.1, 0.15) is 44.7 Å². The molecule has 2 aliphatic rings. The highest BCUT2D eigenvalue weighted by molar-refractivity contribution is 5.40. The minimum absolute atomic E-state index is 0.00546. The smallest absolute Gasteiger partial charge is 0.0603 e. The molecule has 3 rings (SSSR count). The third-order valence-electron chi connectivity index (χ3n) is 4.74. The average molecular weight is 245 g/mol. The van der Waals surface area contributed by atoms with E-state index in [9.17, 15) is 0 Å². The molecule has 1 heterocycles. The van der Waals surface area contributed by atoms with E-state index in [4.69, 9.17) is 10.5 Å². The van der Waals surface area contributed by atoms with E-state index >= 15 is 0 Å². The summed E-state index contributed by atoms with van der Waals surface area (Å²) >= 11 is 0. The number of hydrogen-bond acceptors (Lipinski definition) is 2. The summed E-state index contributed by atoms with van der Waals surface area (Å²) in [4.78, 5) is 0. The van der Waals surface area contributed by atoms with Crippen molar-refractivity contribution in [2.45, 2.75) is 50.0 Å². The van der Waals surface area contributed by atoms with Crippen LogP contribution in [-0.2, 0) is 15.6 Å². The van der Waals surface area contributed by atoms with Gasteiger partial charge in [-0.2, -0.15) is 0 Å². The second-order valence-electron chi connectivity index (χ2n) is 7.06. The highest BCUT2D eigenvalue weighted by Crippen LogP contribution is 2.53. The molecule has 1 saturated carbocycles. The number of ether oxygens (including phenoxy) is 1. The number of hydrogen-bond donors (Lipinski definition) is 1. The first-order valence-electron chi connectivity index (χ1n) is 6.85. The summed E-state index contributed by atoms with van der Waals surface area (Å²) in [6.07, 6.45) is 2.27. The second-order valence-corrected chi connectivity index (χ2v) is 7.06. The van der Waals surface area contributed by atoms with Crippen LogP contribution in [0.4, 0.5) is 0 Å². The first kappa shape index (κ1) is 12.2. The van der Waals surface area contributed by atoms with Crippen molar-refractivity contribution < 1.29 is 4.74 Å². The fraction of sp³-hybridized carbons (Fsp3) is 0.625. The SMILES string of the molecule is CC(C)(C)c1ccc(C2(C3(N)CC3)COC2)cc1. The van der Waals surface area contributed by atoms with Crippen LogP contribution < -0.4 is 5.73 Å². The van der Waals surface area contributed by atoms with Gasteiger partial charge >= 0.3 is 0 Å². The zero-order valence-corrected chi connectivity index (χ0v) is 11.6. The Balaban J connectivity index is 1.93. The molecular weight excluding hydrogens is 222 g/mol. The summed E-state index contributed by atoms with van der Waals surface area (Å²) in [5.41, 5.74) is 9.50. The summed E-state index contributed by atoms with van der Waals surface area (Å²) in [5.74, 6) is 0. The van der Waals surface area contributed by atoms with Crippen molar-refractivity contribution in [2.24, 2.45) is 5.73 Å². The van der Waals surface area contributed by atoms with Crippen LogP contribution in [0, 0.1) is 0 Å². The molecule has 1 aliphatic heterocycles. The van der Waals surface area contributed by atoms with Crippen molar-refractivity contribution in [3.8, 4) is 0 Å². The van der Waals surface area contributed by atoms with Gasteiger partial charge in [0.1, 0.15) is 0 Å². The molecule has 0 bridgehead atoms. The Kier molecular flexibility index (Phi) is 2.43. The molecule has 0 spiro atoms. The molecule has 98 valence electrons. The number of rotatable bonds is 2. The fourth-order valence-electron chi connectivity index (χ4n) is 2.95. The molecule has 2 heteroatoms. The minimum atomic E-state index is -0.00546. The Morgan fingerprint density at radius 2 is 1.61 bits per heavy atom. The fourth-order valence-corrected chi connectivity index (χ4v) is 2.95. The molecule has 18 heavy (non-hydrogen) atoms. The van der Waals surface area contributed by atoms with Gasteiger partial charge in [0.05, 0.1) is 18.6 Å². The molecule has 2 N–H and O–H groups in total. The lowest BCUT2D eigenvalue weighted by Gasteiger charge is -2.47. The Bertz CT molecular complexity index is 447. The van der Waals surface area contributed by atoms with Crippen LogP contribution in [0.15, 0.2) is 24.3 Å². The third-order valence-corrected chi connectivity index (χ3v) is 4.74. The van der Waals surface area contributed by atoms with E-state index < -0.39 is 0 Å². The van der Waals surface area contributed by atoms with E-state index in [1.54, 1.807) is 0 Å². The predicted molar refractivity (Wildman–Crippen MR) is 73.8 cm³/mol. The van der Waals surface area contributed by atoms with Gasteiger partial charge in [0.15, 0.2) is 0 Å². The van der Waals surface area contributed by atoms with Gasteiger partial charge < -0.3 is 10.5 Å². The van der Waals surface area contributed by atoms with E-state index in [-0.39, 0.29) is 16.4 Å². The normalized spacial score (nSPS) is 24.4. The maximum absolute atomic E-state index is 6.46. The third kappa shape index (κ3) is 1.63. The highest BCUT2D eigenvalue weighted by Gasteiger charge is 2.61. The van der Waals surface area contributed by atoms with Crippen molar-refractivity contribution in [1.82, 2.24) is 0 Å². The predicted octanol–water partition coefficient (Wildman–Crippen LogP) is 2.74. The molecular formula is C16H23NO. The van der Waals surface area contributed by atoms with Crippen LogP contribution in [-0.4, -0.2) is 18.8 Å². The van der Waals surface area contributed by atoms with Gasteiger partial charge in [0.2, 0.25) is 0 Å². The van der Waals surface area contributed by atoms with Gasteiger partial charge in [0, 0.05) is 5.54 Å². The molecule has 0 amide bonds. The Hall–Kier alpha value is -0.860. The van der Waals surface area contributed by atoms with Gasteiger partial charge in [0.25, 0.3) is 0 Å². The molecule has 0 aromatic heterocycles. The Morgan fingerprint density at radius 3 is 1.94 bits per heavy atom. The maximum atomic E-state index is 6.46. The summed E-state index contributed by atoms with van der Waals surface area (Å²) in [5, 5.41) is 0. The van der Waals surface area contributed by atoms with Crippen LogP contribution >= 0.6 is 0 Å². The van der Waals surface area contributed by atoms with Crippen LogP contribution in [0.5, 0.6) is 0 Å². The average Bonchev–Trinajstić information content (AvgIpc) is 2.95. The Labute approximate surface area is 110 Å². The topological polar surface area (TPSA) is 35.2 Å². The highest BCUT2D eigenvalue weighted by atomic mass is 16.5. The summed E-state index contributed by atoms with van der Waals surface area (Å²) in [6.45, 7) is 8.32. The van der Waals surface area contributed by atoms with Crippen LogP contribution in [0.3, 0.4) is 0 Å². The molecule has 1 saturated heterocycles. The van der Waals surface area contributed by atoms with Crippen LogP contribution in [0.2, 0.25) is 0 Å². The van der Waals surface area contributed by atoms with Gasteiger partial charge in [-0.15, -0.1) is 0 Å². The zero-order valence-electron chi connectivity index (χ0n) is 11.6. The largest absolute Gasteiger partial charge is 0.379 e. The van der Waals surface area contributed by atoms with Gasteiger partial charge in [-0.1, -0.05) is 45.0 Å². The van der Waals surface area contributed by atoms with Crippen molar-refractivity contribution in [2.75, 3.05) is 13.2 Å². The van der Waals surface area contributed by atoms with Crippen molar-refractivity contribution in [3.05, 3.63) is 35.4 Å². The van der Waals surface area contributed by atoms with Crippen molar-refractivity contribution >= 4 is 0 Å². The lowest BCUT2D eigenvalue weighted by Crippen LogP contribution is -2.60. The summed E-state index contributed by atoms with van der Waals surface area (Å²) < 4.78 is 5.48. The molecule has 0 radical (unpaired) electrons. The monoisotopic (exact) mass is 245 g/mol. The van der Waals surface area contributed by atoms with E-state index in [0.717, 1.165) is 26.1 Å². The summed E-state index contributed by atoms with van der Waals surface area (Å²) in [6, 6.07) is 9.02. The van der Waals surface area contributed by atoms with Gasteiger partial charge in [-0.05, 0) is 29.4 Å². The molecule has 1 aromatic rings. The molecule has 1 aliphatic carbocycles. The quantitative estimate of drug-likeness (QED) is 0.869. The molecule has 1 aromatic carbocycles. The lowest BCUT2D eigenvalue weighted by molar-refractivity contribution is -0.0786. The maximum Gasteiger partial charge on any atom is 0.0603 e. The Morgan fingerprint density at radius 1 is 1.06 bits per heavy atom. The molecule has 2 fully saturated rings. The van der Waals surface area contributed by atoms with E-state index in [2.05, 4.69) is 45.0 Å². The lowest BCUT2D eigenvalue weighted by atomic mass is 9.70. The first-order chi connectivity index (χ1) is 8.37. The van der Waals surface area contributed by atoms with Crippen molar-refractivity contribution in [3.63, 3.8) is 0 Å². The standard InChI is InChI=1S/C16H23NO/c1-14(2,3)12-4-6-13(7-5-12)15(10-18-11-15)16(17)8-9-16/h4-7H,8-11,17H2,1-3H3. The molecule has 2 nitrogen and oxygen atoms in total. The first-order valence-corrected chi connectivity index (χ1v) is 6.85. The van der Waals surface area contributed by atoms with E-state index in [1.165, 1.54) is 11.1 Å². The summed E-state index contributed by atoms with van der Waals surface area (Å²) in [7, 11) is 0.